The van der Waals surface area contributed by atoms with Crippen LogP contribution in [0.4, 0.5) is 0 Å². The van der Waals surface area contributed by atoms with E-state index in [1.165, 1.54) is 0 Å². The van der Waals surface area contributed by atoms with Crippen molar-refractivity contribution in [3.05, 3.63) is 54.1 Å². The molecule has 0 unspecified atom stereocenters. The summed E-state index contributed by atoms with van der Waals surface area (Å²) in [6.45, 7) is 7.52. The number of rotatable bonds is 4. The molecule has 1 N–H and O–H groups in total. The largest absolute Gasteiger partial charge is 0.386 e. The molecular weight excluding hydrogens is 184 g/mol. The van der Waals surface area contributed by atoms with Crippen LogP contribution in [0, 0.1) is 0 Å². The molecule has 1 atom stereocenters. The van der Waals surface area contributed by atoms with Crippen LogP contribution in [0.5, 0.6) is 0 Å². The zero-order valence-electron chi connectivity index (χ0n) is 9.40. The van der Waals surface area contributed by atoms with Crippen LogP contribution in [0.25, 0.3) is 6.08 Å². The summed E-state index contributed by atoms with van der Waals surface area (Å²) in [4.78, 5) is 0. The molecule has 1 rings (SSSR count). The van der Waals surface area contributed by atoms with Crippen molar-refractivity contribution in [2.45, 2.75) is 25.9 Å². The molecule has 0 bridgehead atoms. The average Bonchev–Trinajstić information content (AvgIpc) is 2.15. The van der Waals surface area contributed by atoms with Crippen LogP contribution < -0.4 is 0 Å². The summed E-state index contributed by atoms with van der Waals surface area (Å²) >= 11 is 0. The zero-order valence-corrected chi connectivity index (χ0v) is 9.40. The minimum Gasteiger partial charge on any atom is -0.386 e. The molecule has 0 saturated carbocycles. The maximum Gasteiger partial charge on any atom is 0.0839 e. The van der Waals surface area contributed by atoms with Crippen LogP contribution in [0.2, 0.25) is 0 Å². The molecule has 0 aromatic heterocycles. The third-order valence-electron chi connectivity index (χ3n) is 2.09. The van der Waals surface area contributed by atoms with Gasteiger partial charge in [0.05, 0.1) is 5.60 Å². The maximum atomic E-state index is 10.00. The number of hydrogen-bond donors (Lipinski definition) is 1. The molecule has 0 aliphatic carbocycles. The highest BCUT2D eigenvalue weighted by Crippen LogP contribution is 2.17. The lowest BCUT2D eigenvalue weighted by molar-refractivity contribution is 0.113. The van der Waals surface area contributed by atoms with E-state index in [-0.39, 0.29) is 0 Å². The van der Waals surface area contributed by atoms with Gasteiger partial charge in [0.25, 0.3) is 0 Å². The molecule has 0 amide bonds. The van der Waals surface area contributed by atoms with E-state index in [0.29, 0.717) is 6.42 Å². The summed E-state index contributed by atoms with van der Waals surface area (Å²) in [6.07, 6.45) is 4.34. The zero-order chi connectivity index (χ0) is 11.3. The van der Waals surface area contributed by atoms with Gasteiger partial charge in [-0.25, -0.2) is 0 Å². The normalized spacial score (nSPS) is 15.1. The quantitative estimate of drug-likeness (QED) is 0.742. The monoisotopic (exact) mass is 202 g/mol. The first-order valence-electron chi connectivity index (χ1n) is 5.11. The van der Waals surface area contributed by atoms with Gasteiger partial charge in [-0.15, -0.1) is 6.58 Å². The Morgan fingerprint density at radius 2 is 2.00 bits per heavy atom. The lowest BCUT2D eigenvalue weighted by Gasteiger charge is -2.18. The summed E-state index contributed by atoms with van der Waals surface area (Å²) < 4.78 is 0. The van der Waals surface area contributed by atoms with Gasteiger partial charge >= 0.3 is 0 Å². The second-order valence-electron chi connectivity index (χ2n) is 4.24. The molecule has 0 radical (unpaired) electrons. The topological polar surface area (TPSA) is 20.2 Å². The van der Waals surface area contributed by atoms with Gasteiger partial charge in [0.2, 0.25) is 0 Å². The Labute approximate surface area is 91.8 Å². The first kappa shape index (κ1) is 11.7. The number of benzene rings is 1. The lowest BCUT2D eigenvalue weighted by Crippen LogP contribution is -2.20. The van der Waals surface area contributed by atoms with Crippen molar-refractivity contribution in [2.24, 2.45) is 0 Å². The van der Waals surface area contributed by atoms with E-state index in [1.807, 2.05) is 49.4 Å². The standard InChI is InChI=1S/C14H18O/c1-12(2)11-14(3,15)10-9-13-7-5-4-6-8-13/h4-10,15H,1,11H2,2-3H3/b10-9+/t14-/m1/s1. The van der Waals surface area contributed by atoms with E-state index in [4.69, 9.17) is 0 Å². The molecule has 0 saturated heterocycles. The first-order valence-corrected chi connectivity index (χ1v) is 5.11. The van der Waals surface area contributed by atoms with Crippen molar-refractivity contribution >= 4 is 6.08 Å². The van der Waals surface area contributed by atoms with Crippen LogP contribution in [0.3, 0.4) is 0 Å². The van der Waals surface area contributed by atoms with Gasteiger partial charge in [-0.05, 0) is 25.8 Å². The highest BCUT2D eigenvalue weighted by atomic mass is 16.3. The van der Waals surface area contributed by atoms with Crippen LogP contribution in [-0.4, -0.2) is 10.7 Å². The summed E-state index contributed by atoms with van der Waals surface area (Å²) in [6, 6.07) is 9.95. The molecule has 15 heavy (non-hydrogen) atoms. The molecule has 0 heterocycles. The van der Waals surface area contributed by atoms with Crippen LogP contribution in [-0.2, 0) is 0 Å². The summed E-state index contributed by atoms with van der Waals surface area (Å²) in [5.41, 5.74) is 1.28. The highest BCUT2D eigenvalue weighted by Gasteiger charge is 2.15. The molecule has 1 aromatic rings. The van der Waals surface area contributed by atoms with Crippen molar-refractivity contribution in [2.75, 3.05) is 0 Å². The molecular formula is C14H18O. The van der Waals surface area contributed by atoms with Gasteiger partial charge in [0.15, 0.2) is 0 Å². The smallest absolute Gasteiger partial charge is 0.0839 e. The van der Waals surface area contributed by atoms with E-state index < -0.39 is 5.60 Å². The van der Waals surface area contributed by atoms with Crippen LogP contribution in [0.1, 0.15) is 25.8 Å². The second-order valence-corrected chi connectivity index (χ2v) is 4.24. The summed E-state index contributed by atoms with van der Waals surface area (Å²) in [7, 11) is 0. The van der Waals surface area contributed by atoms with E-state index in [0.717, 1.165) is 11.1 Å². The molecule has 1 nitrogen and oxygen atoms in total. The van der Waals surface area contributed by atoms with E-state index in [1.54, 1.807) is 6.92 Å². The minimum absolute atomic E-state index is 0.594. The Balaban J connectivity index is 2.68. The Morgan fingerprint density at radius 3 is 2.53 bits per heavy atom. The third-order valence-corrected chi connectivity index (χ3v) is 2.09. The SMILES string of the molecule is C=C(C)C[C@](C)(O)/C=C/c1ccccc1. The Bertz CT molecular complexity index is 347. The number of aliphatic hydroxyl groups is 1. The van der Waals surface area contributed by atoms with Gasteiger partial charge in [0, 0.05) is 0 Å². The minimum atomic E-state index is -0.804. The molecule has 1 aromatic carbocycles. The fourth-order valence-corrected chi connectivity index (χ4v) is 1.51. The van der Waals surface area contributed by atoms with Gasteiger partial charge < -0.3 is 5.11 Å². The second kappa shape index (κ2) is 4.94. The predicted molar refractivity (Wildman–Crippen MR) is 65.5 cm³/mol. The number of hydrogen-bond acceptors (Lipinski definition) is 1. The van der Waals surface area contributed by atoms with E-state index in [9.17, 15) is 5.11 Å². The maximum absolute atomic E-state index is 10.00. The molecule has 0 fully saturated rings. The lowest BCUT2D eigenvalue weighted by atomic mass is 9.97. The van der Waals surface area contributed by atoms with Gasteiger partial charge in [0.1, 0.15) is 0 Å². The Hall–Kier alpha value is -1.34. The molecule has 80 valence electrons. The van der Waals surface area contributed by atoms with E-state index in [2.05, 4.69) is 6.58 Å². The van der Waals surface area contributed by atoms with Crippen molar-refractivity contribution in [1.29, 1.82) is 0 Å². The van der Waals surface area contributed by atoms with Crippen molar-refractivity contribution in [3.63, 3.8) is 0 Å². The van der Waals surface area contributed by atoms with Crippen molar-refractivity contribution in [3.8, 4) is 0 Å². The van der Waals surface area contributed by atoms with Crippen molar-refractivity contribution in [1.82, 2.24) is 0 Å². The van der Waals surface area contributed by atoms with E-state index >= 15 is 0 Å². The fraction of sp³-hybridized carbons (Fsp3) is 0.286. The fourth-order valence-electron chi connectivity index (χ4n) is 1.51. The Morgan fingerprint density at radius 1 is 1.40 bits per heavy atom. The van der Waals surface area contributed by atoms with Crippen LogP contribution >= 0.6 is 0 Å². The molecule has 0 spiro atoms. The highest BCUT2D eigenvalue weighted by molar-refractivity contribution is 5.50. The molecule has 1 heteroatoms. The van der Waals surface area contributed by atoms with Crippen LogP contribution in [0.15, 0.2) is 48.6 Å². The summed E-state index contributed by atoms with van der Waals surface area (Å²) in [5, 5.41) is 10.00. The predicted octanol–water partition coefficient (Wildman–Crippen LogP) is 3.42. The van der Waals surface area contributed by atoms with Gasteiger partial charge in [-0.3, -0.25) is 0 Å². The summed E-state index contributed by atoms with van der Waals surface area (Å²) in [5.74, 6) is 0. The average molecular weight is 202 g/mol. The van der Waals surface area contributed by atoms with Gasteiger partial charge in [-0.2, -0.15) is 0 Å². The Kier molecular flexibility index (Phi) is 3.87. The molecule has 0 aliphatic heterocycles. The van der Waals surface area contributed by atoms with Crippen molar-refractivity contribution < 1.29 is 5.11 Å². The molecule has 0 aliphatic rings. The third kappa shape index (κ3) is 4.61. The van der Waals surface area contributed by atoms with Gasteiger partial charge in [-0.1, -0.05) is 48.1 Å². The first-order chi connectivity index (χ1) is 6.99.